The molecule has 0 saturated carbocycles. The lowest BCUT2D eigenvalue weighted by atomic mass is 9.92. The number of ether oxygens (including phenoxy) is 1. The number of carbonyl (C=O) groups excluding carboxylic acids is 1. The van der Waals surface area contributed by atoms with Gasteiger partial charge in [0.2, 0.25) is 0 Å². The molecule has 2 nitrogen and oxygen atoms in total. The van der Waals surface area contributed by atoms with Gasteiger partial charge in [0.1, 0.15) is 6.10 Å². The van der Waals surface area contributed by atoms with E-state index >= 15 is 0 Å². The van der Waals surface area contributed by atoms with E-state index < -0.39 is 0 Å². The molecule has 0 unspecified atom stereocenters. The Morgan fingerprint density at radius 2 is 1.94 bits per heavy atom. The maximum Gasteiger partial charge on any atom is 0.306 e. The highest BCUT2D eigenvalue weighted by molar-refractivity contribution is 5.69. The second-order valence-corrected chi connectivity index (χ2v) is 4.59. The second-order valence-electron chi connectivity index (χ2n) is 4.59. The van der Waals surface area contributed by atoms with Crippen molar-refractivity contribution >= 4 is 5.97 Å². The summed E-state index contributed by atoms with van der Waals surface area (Å²) in [6, 6.07) is 8.25. The molecule has 1 aromatic rings. The molecule has 2 heteroatoms. The van der Waals surface area contributed by atoms with Crippen LogP contribution in [0.15, 0.2) is 24.3 Å². The summed E-state index contributed by atoms with van der Waals surface area (Å²) in [6.07, 6.45) is 1.27. The molecule has 94 valence electrons. The van der Waals surface area contributed by atoms with Crippen LogP contribution in [-0.4, -0.2) is 12.1 Å². The molecule has 17 heavy (non-hydrogen) atoms. The van der Waals surface area contributed by atoms with Crippen molar-refractivity contribution in [1.82, 2.24) is 0 Å². The van der Waals surface area contributed by atoms with Crippen molar-refractivity contribution in [3.8, 4) is 0 Å². The first-order chi connectivity index (χ1) is 8.06. The summed E-state index contributed by atoms with van der Waals surface area (Å²) >= 11 is 0. The van der Waals surface area contributed by atoms with Gasteiger partial charge < -0.3 is 4.74 Å². The number of hydrogen-bond acceptors (Lipinski definition) is 2. The number of esters is 1. The number of hydrogen-bond donors (Lipinski definition) is 0. The second kappa shape index (κ2) is 6.43. The fraction of sp³-hybridized carbons (Fsp3) is 0.533. The minimum absolute atomic E-state index is 0.0739. The monoisotopic (exact) mass is 234 g/mol. The predicted molar refractivity (Wildman–Crippen MR) is 70.1 cm³/mol. The first-order valence-corrected chi connectivity index (χ1v) is 6.31. The predicted octanol–water partition coefficient (Wildman–Crippen LogP) is 3.83. The largest absolute Gasteiger partial charge is 0.462 e. The van der Waals surface area contributed by atoms with E-state index in [1.807, 2.05) is 26.0 Å². The Kier molecular flexibility index (Phi) is 5.20. The van der Waals surface area contributed by atoms with Crippen LogP contribution in [-0.2, 0) is 9.53 Å². The minimum atomic E-state index is -0.0968. The van der Waals surface area contributed by atoms with E-state index in [4.69, 9.17) is 4.74 Å². The van der Waals surface area contributed by atoms with Crippen molar-refractivity contribution < 1.29 is 9.53 Å². The topological polar surface area (TPSA) is 26.3 Å². The van der Waals surface area contributed by atoms with Crippen molar-refractivity contribution in [2.75, 3.05) is 0 Å². The Labute approximate surface area is 104 Å². The summed E-state index contributed by atoms with van der Waals surface area (Å²) in [5, 5.41) is 0. The van der Waals surface area contributed by atoms with E-state index in [0.29, 0.717) is 6.42 Å². The van der Waals surface area contributed by atoms with Gasteiger partial charge in [0, 0.05) is 12.3 Å². The summed E-state index contributed by atoms with van der Waals surface area (Å²) < 4.78 is 5.42. The lowest BCUT2D eigenvalue weighted by Crippen LogP contribution is -2.21. The molecule has 0 spiro atoms. The van der Waals surface area contributed by atoms with Gasteiger partial charge in [-0.1, -0.05) is 38.1 Å². The van der Waals surface area contributed by atoms with Crippen LogP contribution in [0.25, 0.3) is 0 Å². The van der Waals surface area contributed by atoms with E-state index in [-0.39, 0.29) is 18.0 Å². The summed E-state index contributed by atoms with van der Waals surface area (Å²) in [7, 11) is 0. The third kappa shape index (κ3) is 3.88. The van der Waals surface area contributed by atoms with E-state index in [1.165, 1.54) is 11.1 Å². The van der Waals surface area contributed by atoms with Gasteiger partial charge in [-0.25, -0.2) is 0 Å². The quantitative estimate of drug-likeness (QED) is 0.724. The fourth-order valence-electron chi connectivity index (χ4n) is 1.92. The van der Waals surface area contributed by atoms with Gasteiger partial charge in [0.25, 0.3) is 0 Å². The molecule has 1 aromatic carbocycles. The van der Waals surface area contributed by atoms with Gasteiger partial charge >= 0.3 is 5.97 Å². The summed E-state index contributed by atoms with van der Waals surface area (Å²) in [6.45, 7) is 8.14. The van der Waals surface area contributed by atoms with Crippen molar-refractivity contribution in [2.24, 2.45) is 0 Å². The molecule has 0 radical (unpaired) electrons. The summed E-state index contributed by atoms with van der Waals surface area (Å²) in [5.74, 6) is 0.137. The zero-order chi connectivity index (χ0) is 12.8. The van der Waals surface area contributed by atoms with Crippen molar-refractivity contribution in [1.29, 1.82) is 0 Å². The highest BCUT2D eigenvalue weighted by Crippen LogP contribution is 2.24. The Bertz CT molecular complexity index is 371. The Morgan fingerprint density at radius 1 is 1.29 bits per heavy atom. The zero-order valence-corrected chi connectivity index (χ0v) is 11.2. The SMILES string of the molecule is CCCC(=O)O[C@H](C)[C@H](C)c1ccccc1C. The molecule has 0 fully saturated rings. The van der Waals surface area contributed by atoms with Crippen LogP contribution in [0.4, 0.5) is 0 Å². The normalized spacial score (nSPS) is 14.1. The Balaban J connectivity index is 2.67. The van der Waals surface area contributed by atoms with E-state index in [2.05, 4.69) is 26.0 Å². The first-order valence-electron chi connectivity index (χ1n) is 6.31. The molecular weight excluding hydrogens is 212 g/mol. The molecule has 0 aromatic heterocycles. The molecule has 1 rings (SSSR count). The minimum Gasteiger partial charge on any atom is -0.462 e. The van der Waals surface area contributed by atoms with Gasteiger partial charge in [-0.2, -0.15) is 0 Å². The number of rotatable bonds is 5. The maximum absolute atomic E-state index is 11.5. The fourth-order valence-corrected chi connectivity index (χ4v) is 1.92. The lowest BCUT2D eigenvalue weighted by molar-refractivity contribution is -0.149. The molecule has 0 bridgehead atoms. The van der Waals surface area contributed by atoms with Crippen molar-refractivity contribution in [2.45, 2.75) is 52.6 Å². The highest BCUT2D eigenvalue weighted by Gasteiger charge is 2.19. The van der Waals surface area contributed by atoms with E-state index in [9.17, 15) is 4.79 Å². The van der Waals surface area contributed by atoms with E-state index in [1.54, 1.807) is 0 Å². The molecule has 0 amide bonds. The Morgan fingerprint density at radius 3 is 2.53 bits per heavy atom. The average Bonchev–Trinajstić information content (AvgIpc) is 2.29. The van der Waals surface area contributed by atoms with Crippen LogP contribution in [0.5, 0.6) is 0 Å². The number of aryl methyl sites for hydroxylation is 1. The van der Waals surface area contributed by atoms with Gasteiger partial charge in [-0.05, 0) is 31.4 Å². The smallest absolute Gasteiger partial charge is 0.306 e. The summed E-state index contributed by atoms with van der Waals surface area (Å²) in [4.78, 5) is 11.5. The first kappa shape index (κ1) is 13.8. The average molecular weight is 234 g/mol. The third-order valence-electron chi connectivity index (χ3n) is 3.15. The van der Waals surface area contributed by atoms with Gasteiger partial charge in [0.15, 0.2) is 0 Å². The number of carbonyl (C=O) groups is 1. The van der Waals surface area contributed by atoms with Crippen LogP contribution < -0.4 is 0 Å². The molecule has 0 aliphatic heterocycles. The van der Waals surface area contributed by atoms with Crippen molar-refractivity contribution in [3.05, 3.63) is 35.4 Å². The van der Waals surface area contributed by atoms with Crippen LogP contribution in [0.1, 0.15) is 50.7 Å². The molecule has 0 saturated heterocycles. The van der Waals surface area contributed by atoms with Crippen LogP contribution in [0.2, 0.25) is 0 Å². The molecule has 0 aliphatic rings. The van der Waals surface area contributed by atoms with Crippen LogP contribution in [0, 0.1) is 6.92 Å². The number of benzene rings is 1. The lowest BCUT2D eigenvalue weighted by Gasteiger charge is -2.22. The standard InChI is InChI=1S/C15H22O2/c1-5-8-15(16)17-13(4)12(3)14-10-7-6-9-11(14)2/h6-7,9-10,12-13H,5,8H2,1-4H3/t12-,13+/m0/s1. The van der Waals surface area contributed by atoms with Gasteiger partial charge in [-0.3, -0.25) is 4.79 Å². The van der Waals surface area contributed by atoms with E-state index in [0.717, 1.165) is 6.42 Å². The van der Waals surface area contributed by atoms with Crippen LogP contribution in [0.3, 0.4) is 0 Å². The van der Waals surface area contributed by atoms with Crippen molar-refractivity contribution in [3.63, 3.8) is 0 Å². The molecule has 0 heterocycles. The van der Waals surface area contributed by atoms with Crippen LogP contribution >= 0.6 is 0 Å². The zero-order valence-electron chi connectivity index (χ0n) is 11.2. The summed E-state index contributed by atoms with van der Waals surface area (Å²) in [5.41, 5.74) is 2.50. The van der Waals surface area contributed by atoms with Gasteiger partial charge in [0.05, 0.1) is 0 Å². The maximum atomic E-state index is 11.5. The third-order valence-corrected chi connectivity index (χ3v) is 3.15. The molecule has 0 N–H and O–H groups in total. The highest BCUT2D eigenvalue weighted by atomic mass is 16.5. The molecular formula is C15H22O2. The molecule has 2 atom stereocenters. The molecule has 0 aliphatic carbocycles. The van der Waals surface area contributed by atoms with Gasteiger partial charge in [-0.15, -0.1) is 0 Å². The Hall–Kier alpha value is -1.31.